The van der Waals surface area contributed by atoms with Crippen LogP contribution in [0.1, 0.15) is 41.6 Å². The number of benzene rings is 2. The fraction of sp³-hybridized carbons (Fsp3) is 0.391. The maximum atomic E-state index is 12.5. The molecular formula is C23H29N3O2. The zero-order chi connectivity index (χ0) is 19.9. The Morgan fingerprint density at radius 2 is 1.86 bits per heavy atom. The number of aryl methyl sites for hydroxylation is 1. The van der Waals surface area contributed by atoms with Crippen molar-refractivity contribution >= 4 is 23.2 Å². The SMILES string of the molecule is Cc1ccc(NC(=O)c2ccccc2)c(NC(=O)CCC2CCCN(C)C2)c1. The number of piperidine rings is 1. The number of anilines is 2. The first kappa shape index (κ1) is 20.1. The molecule has 1 fully saturated rings. The molecule has 1 aliphatic heterocycles. The van der Waals surface area contributed by atoms with Crippen molar-refractivity contribution in [2.45, 2.75) is 32.6 Å². The van der Waals surface area contributed by atoms with Crippen LogP contribution in [0.15, 0.2) is 48.5 Å². The summed E-state index contributed by atoms with van der Waals surface area (Å²) in [5.41, 5.74) is 2.88. The van der Waals surface area contributed by atoms with Crippen LogP contribution >= 0.6 is 0 Å². The normalized spacial score (nSPS) is 17.1. The third-order valence-electron chi connectivity index (χ3n) is 5.24. The van der Waals surface area contributed by atoms with E-state index >= 15 is 0 Å². The molecule has 28 heavy (non-hydrogen) atoms. The molecule has 0 aliphatic carbocycles. The number of nitrogens with one attached hydrogen (secondary N) is 2. The second-order valence-corrected chi connectivity index (χ2v) is 7.73. The van der Waals surface area contributed by atoms with Gasteiger partial charge in [0.1, 0.15) is 0 Å². The van der Waals surface area contributed by atoms with Crippen molar-refractivity contribution in [3.8, 4) is 0 Å². The predicted molar refractivity (Wildman–Crippen MR) is 114 cm³/mol. The fourth-order valence-electron chi connectivity index (χ4n) is 3.71. The highest BCUT2D eigenvalue weighted by molar-refractivity contribution is 6.07. The molecule has 1 saturated heterocycles. The first-order valence-electron chi connectivity index (χ1n) is 9.96. The van der Waals surface area contributed by atoms with E-state index in [0.717, 1.165) is 25.1 Å². The van der Waals surface area contributed by atoms with Crippen molar-refractivity contribution in [1.29, 1.82) is 0 Å². The molecule has 1 heterocycles. The van der Waals surface area contributed by atoms with Crippen LogP contribution in [0.5, 0.6) is 0 Å². The van der Waals surface area contributed by atoms with Crippen LogP contribution in [0.2, 0.25) is 0 Å². The second-order valence-electron chi connectivity index (χ2n) is 7.73. The Morgan fingerprint density at radius 3 is 2.61 bits per heavy atom. The average molecular weight is 380 g/mol. The van der Waals surface area contributed by atoms with E-state index in [9.17, 15) is 9.59 Å². The summed E-state index contributed by atoms with van der Waals surface area (Å²) >= 11 is 0. The minimum Gasteiger partial charge on any atom is -0.324 e. The standard InChI is InChI=1S/C23H29N3O2/c1-17-10-12-20(25-23(28)19-8-4-3-5-9-19)21(15-17)24-22(27)13-11-18-7-6-14-26(2)16-18/h3-5,8-10,12,15,18H,6-7,11,13-14,16H2,1-2H3,(H,24,27)(H,25,28). The number of hydrogen-bond acceptors (Lipinski definition) is 3. The highest BCUT2D eigenvalue weighted by Crippen LogP contribution is 2.25. The summed E-state index contributed by atoms with van der Waals surface area (Å²) < 4.78 is 0. The van der Waals surface area contributed by atoms with Gasteiger partial charge >= 0.3 is 0 Å². The van der Waals surface area contributed by atoms with Crippen LogP contribution in [0, 0.1) is 12.8 Å². The largest absolute Gasteiger partial charge is 0.324 e. The Kier molecular flexibility index (Phi) is 6.82. The maximum absolute atomic E-state index is 12.5. The minimum absolute atomic E-state index is 0.00552. The van der Waals surface area contributed by atoms with Crippen LogP contribution in [-0.2, 0) is 4.79 Å². The van der Waals surface area contributed by atoms with Gasteiger partial charge in [0, 0.05) is 18.5 Å². The van der Waals surface area contributed by atoms with Crippen LogP contribution < -0.4 is 10.6 Å². The smallest absolute Gasteiger partial charge is 0.255 e. The number of amides is 2. The first-order chi connectivity index (χ1) is 13.5. The molecule has 0 saturated carbocycles. The molecule has 1 aliphatic rings. The summed E-state index contributed by atoms with van der Waals surface area (Å²) in [6.07, 6.45) is 3.79. The molecule has 0 spiro atoms. The molecule has 5 heteroatoms. The van der Waals surface area contributed by atoms with Crippen LogP contribution in [0.4, 0.5) is 11.4 Å². The van der Waals surface area contributed by atoms with Gasteiger partial charge in [-0.05, 0) is 75.5 Å². The minimum atomic E-state index is -0.190. The van der Waals surface area contributed by atoms with E-state index in [1.807, 2.05) is 43.3 Å². The molecule has 0 radical (unpaired) electrons. The Hall–Kier alpha value is -2.66. The van der Waals surface area contributed by atoms with Crippen LogP contribution in [0.25, 0.3) is 0 Å². The summed E-state index contributed by atoms with van der Waals surface area (Å²) in [5, 5.41) is 5.90. The van der Waals surface area contributed by atoms with Gasteiger partial charge in [0.15, 0.2) is 0 Å². The molecule has 0 aromatic heterocycles. The van der Waals surface area contributed by atoms with E-state index in [-0.39, 0.29) is 11.8 Å². The Morgan fingerprint density at radius 1 is 1.07 bits per heavy atom. The highest BCUT2D eigenvalue weighted by Gasteiger charge is 2.18. The lowest BCUT2D eigenvalue weighted by atomic mass is 9.93. The molecule has 2 amide bonds. The van der Waals surface area contributed by atoms with E-state index in [2.05, 4.69) is 22.6 Å². The van der Waals surface area contributed by atoms with Crippen molar-refractivity contribution in [3.63, 3.8) is 0 Å². The summed E-state index contributed by atoms with van der Waals surface area (Å²) in [6.45, 7) is 4.18. The van der Waals surface area contributed by atoms with Gasteiger partial charge in [0.25, 0.3) is 5.91 Å². The molecule has 148 valence electrons. The van der Waals surface area contributed by atoms with Crippen molar-refractivity contribution in [3.05, 3.63) is 59.7 Å². The van der Waals surface area contributed by atoms with Gasteiger partial charge in [0.2, 0.25) is 5.91 Å². The molecule has 2 N–H and O–H groups in total. The first-order valence-corrected chi connectivity index (χ1v) is 9.96. The molecule has 3 rings (SSSR count). The summed E-state index contributed by atoms with van der Waals surface area (Å²) in [5.74, 6) is 0.387. The van der Waals surface area contributed by atoms with Gasteiger partial charge in [-0.1, -0.05) is 24.3 Å². The van der Waals surface area contributed by atoms with Crippen molar-refractivity contribution in [2.75, 3.05) is 30.8 Å². The number of carbonyl (C=O) groups excluding carboxylic acids is 2. The molecule has 1 unspecified atom stereocenters. The summed E-state index contributed by atoms with van der Waals surface area (Å²) in [4.78, 5) is 27.3. The second kappa shape index (κ2) is 9.51. The van der Waals surface area contributed by atoms with E-state index in [0.29, 0.717) is 29.3 Å². The zero-order valence-electron chi connectivity index (χ0n) is 16.7. The molecule has 5 nitrogen and oxygen atoms in total. The third kappa shape index (κ3) is 5.67. The molecule has 1 atom stereocenters. The van der Waals surface area contributed by atoms with Gasteiger partial charge < -0.3 is 15.5 Å². The maximum Gasteiger partial charge on any atom is 0.255 e. The lowest BCUT2D eigenvalue weighted by molar-refractivity contribution is -0.116. The summed E-state index contributed by atoms with van der Waals surface area (Å²) in [6, 6.07) is 14.7. The Bertz CT molecular complexity index is 820. The van der Waals surface area contributed by atoms with E-state index in [1.54, 1.807) is 12.1 Å². The average Bonchev–Trinajstić information content (AvgIpc) is 2.69. The van der Waals surface area contributed by atoms with Gasteiger partial charge in [-0.15, -0.1) is 0 Å². The lowest BCUT2D eigenvalue weighted by Gasteiger charge is -2.29. The lowest BCUT2D eigenvalue weighted by Crippen LogP contribution is -2.32. The Balaban J connectivity index is 1.62. The van der Waals surface area contributed by atoms with Crippen molar-refractivity contribution < 1.29 is 9.59 Å². The number of nitrogens with zero attached hydrogens (tertiary/aromatic N) is 1. The van der Waals surface area contributed by atoms with Gasteiger partial charge in [0.05, 0.1) is 11.4 Å². The van der Waals surface area contributed by atoms with Gasteiger partial charge in [-0.3, -0.25) is 9.59 Å². The predicted octanol–water partition coefficient (Wildman–Crippen LogP) is 4.31. The summed E-state index contributed by atoms with van der Waals surface area (Å²) in [7, 11) is 2.14. The van der Waals surface area contributed by atoms with Crippen LogP contribution in [-0.4, -0.2) is 36.9 Å². The number of hydrogen-bond donors (Lipinski definition) is 2. The number of likely N-dealkylation sites (tertiary alicyclic amines) is 1. The van der Waals surface area contributed by atoms with E-state index < -0.39 is 0 Å². The van der Waals surface area contributed by atoms with Crippen LogP contribution in [0.3, 0.4) is 0 Å². The molecule has 2 aromatic carbocycles. The highest BCUT2D eigenvalue weighted by atomic mass is 16.2. The molecular weight excluding hydrogens is 350 g/mol. The molecule has 0 bridgehead atoms. The molecule has 2 aromatic rings. The fourth-order valence-corrected chi connectivity index (χ4v) is 3.71. The van der Waals surface area contributed by atoms with Gasteiger partial charge in [-0.25, -0.2) is 0 Å². The Labute approximate surface area is 167 Å². The quantitative estimate of drug-likeness (QED) is 0.786. The monoisotopic (exact) mass is 379 g/mol. The topological polar surface area (TPSA) is 61.4 Å². The van der Waals surface area contributed by atoms with E-state index in [4.69, 9.17) is 0 Å². The van der Waals surface area contributed by atoms with E-state index in [1.165, 1.54) is 12.8 Å². The number of rotatable bonds is 6. The van der Waals surface area contributed by atoms with Gasteiger partial charge in [-0.2, -0.15) is 0 Å². The number of carbonyl (C=O) groups is 2. The van der Waals surface area contributed by atoms with Crippen molar-refractivity contribution in [2.24, 2.45) is 5.92 Å². The third-order valence-corrected chi connectivity index (χ3v) is 5.24. The van der Waals surface area contributed by atoms with Crippen molar-refractivity contribution in [1.82, 2.24) is 4.90 Å². The zero-order valence-corrected chi connectivity index (χ0v) is 16.7.